The van der Waals surface area contributed by atoms with Crippen molar-refractivity contribution in [2.24, 2.45) is 7.05 Å². The molecule has 0 spiro atoms. The SMILES string of the molecule is Cl.Cn1c2c(c3ccc(-n4ccc(-c5ccc(C(F)(F)F)cn5)cc4=O)cc31)CNCCC2. The first-order valence-electron chi connectivity index (χ1n) is 10.4. The third kappa shape index (κ3) is 4.16. The third-order valence-corrected chi connectivity index (χ3v) is 6.07. The fraction of sp³-hybridized carbons (Fsp3) is 0.250. The number of fused-ring (bicyclic) bond motifs is 3. The number of halogens is 4. The molecule has 0 unspecified atom stereocenters. The second-order valence-electron chi connectivity index (χ2n) is 8.02. The third-order valence-electron chi connectivity index (χ3n) is 6.07. The zero-order valence-corrected chi connectivity index (χ0v) is 18.6. The van der Waals surface area contributed by atoms with Gasteiger partial charge in [-0.2, -0.15) is 13.2 Å². The maximum Gasteiger partial charge on any atom is 0.417 e. The number of aryl methyl sites for hydroxylation is 1. The summed E-state index contributed by atoms with van der Waals surface area (Å²) in [5, 5.41) is 4.64. The Morgan fingerprint density at radius 3 is 2.61 bits per heavy atom. The van der Waals surface area contributed by atoms with E-state index in [-0.39, 0.29) is 18.0 Å². The van der Waals surface area contributed by atoms with Crippen LogP contribution >= 0.6 is 12.4 Å². The topological polar surface area (TPSA) is 51.9 Å². The summed E-state index contributed by atoms with van der Waals surface area (Å²) < 4.78 is 42.0. The van der Waals surface area contributed by atoms with Crippen LogP contribution < -0.4 is 10.9 Å². The molecule has 1 N–H and O–H groups in total. The fourth-order valence-corrected chi connectivity index (χ4v) is 4.40. The van der Waals surface area contributed by atoms with Crippen molar-refractivity contribution >= 4 is 23.3 Å². The monoisotopic (exact) mass is 474 g/mol. The highest BCUT2D eigenvalue weighted by molar-refractivity contribution is 5.87. The Morgan fingerprint density at radius 1 is 1.09 bits per heavy atom. The van der Waals surface area contributed by atoms with Gasteiger partial charge in [-0.25, -0.2) is 0 Å². The van der Waals surface area contributed by atoms with Crippen LogP contribution in [0.15, 0.2) is 59.7 Å². The van der Waals surface area contributed by atoms with Gasteiger partial charge < -0.3 is 9.88 Å². The lowest BCUT2D eigenvalue weighted by Crippen LogP contribution is -2.16. The summed E-state index contributed by atoms with van der Waals surface area (Å²) in [6.07, 6.45) is 0.0656. The normalized spacial score (nSPS) is 13.9. The number of hydrogen-bond donors (Lipinski definition) is 1. The first-order valence-corrected chi connectivity index (χ1v) is 10.4. The molecule has 0 aliphatic carbocycles. The minimum atomic E-state index is -4.45. The molecule has 4 aromatic rings. The van der Waals surface area contributed by atoms with Gasteiger partial charge in [-0.3, -0.25) is 14.3 Å². The van der Waals surface area contributed by atoms with Crippen molar-refractivity contribution in [2.45, 2.75) is 25.6 Å². The smallest absolute Gasteiger partial charge is 0.347 e. The van der Waals surface area contributed by atoms with Crippen molar-refractivity contribution in [3.63, 3.8) is 0 Å². The standard InChI is InChI=1S/C24H21F3N4O.ClH/c1-30-21-3-2-9-28-14-19(21)18-6-5-17(12-22(18)30)31-10-8-15(11-23(31)32)20-7-4-16(13-29-20)24(25,26)27;/h4-8,10-13,28H,2-3,9,14H2,1H3;1H. The van der Waals surface area contributed by atoms with Crippen LogP contribution in [-0.2, 0) is 26.2 Å². The van der Waals surface area contributed by atoms with Crippen LogP contribution in [0.1, 0.15) is 23.2 Å². The van der Waals surface area contributed by atoms with Crippen molar-refractivity contribution in [3.05, 3.63) is 82.0 Å². The lowest BCUT2D eigenvalue weighted by molar-refractivity contribution is -0.137. The predicted octanol–water partition coefficient (Wildman–Crippen LogP) is 4.87. The van der Waals surface area contributed by atoms with E-state index in [4.69, 9.17) is 0 Å². The van der Waals surface area contributed by atoms with Gasteiger partial charge in [-0.1, -0.05) is 6.07 Å². The summed E-state index contributed by atoms with van der Waals surface area (Å²) >= 11 is 0. The highest BCUT2D eigenvalue weighted by atomic mass is 35.5. The summed E-state index contributed by atoms with van der Waals surface area (Å²) in [5.41, 5.74) is 4.12. The number of aromatic nitrogens is 3. The van der Waals surface area contributed by atoms with Gasteiger partial charge in [0.2, 0.25) is 0 Å². The molecule has 5 rings (SSSR count). The van der Waals surface area contributed by atoms with Crippen LogP contribution in [-0.4, -0.2) is 20.7 Å². The van der Waals surface area contributed by atoms with E-state index in [1.54, 1.807) is 12.3 Å². The van der Waals surface area contributed by atoms with Crippen molar-refractivity contribution < 1.29 is 13.2 Å². The van der Waals surface area contributed by atoms with E-state index >= 15 is 0 Å². The maximum atomic E-state index is 12.8. The molecule has 0 radical (unpaired) electrons. The fourth-order valence-electron chi connectivity index (χ4n) is 4.40. The molecule has 9 heteroatoms. The van der Waals surface area contributed by atoms with E-state index in [0.717, 1.165) is 49.4 Å². The Kier molecular flexibility index (Phi) is 6.07. The van der Waals surface area contributed by atoms with E-state index in [9.17, 15) is 18.0 Å². The summed E-state index contributed by atoms with van der Waals surface area (Å²) in [6.45, 7) is 1.84. The molecule has 1 aliphatic heterocycles. The van der Waals surface area contributed by atoms with Gasteiger partial charge in [0.15, 0.2) is 0 Å². The van der Waals surface area contributed by atoms with Crippen molar-refractivity contribution in [2.75, 3.05) is 6.54 Å². The van der Waals surface area contributed by atoms with Crippen LogP contribution in [0.5, 0.6) is 0 Å². The molecule has 0 amide bonds. The molecule has 1 aromatic carbocycles. The minimum Gasteiger partial charge on any atom is -0.347 e. The van der Waals surface area contributed by atoms with Gasteiger partial charge in [0.1, 0.15) is 0 Å². The zero-order valence-electron chi connectivity index (χ0n) is 17.8. The number of nitrogens with zero attached hydrogens (tertiary/aromatic N) is 3. The van der Waals surface area contributed by atoms with Crippen LogP contribution in [0.4, 0.5) is 13.2 Å². The molecule has 0 atom stereocenters. The molecule has 4 heterocycles. The number of nitrogens with one attached hydrogen (secondary N) is 1. The summed E-state index contributed by atoms with van der Waals surface area (Å²) in [5.74, 6) is 0. The Hall–Kier alpha value is -3.10. The Morgan fingerprint density at radius 2 is 1.91 bits per heavy atom. The number of rotatable bonds is 2. The average Bonchev–Trinajstić information content (AvgIpc) is 2.93. The number of hydrogen-bond acceptors (Lipinski definition) is 3. The molecule has 172 valence electrons. The van der Waals surface area contributed by atoms with Crippen molar-refractivity contribution in [1.82, 2.24) is 19.4 Å². The molecule has 0 saturated heterocycles. The van der Waals surface area contributed by atoms with E-state index in [2.05, 4.69) is 21.9 Å². The number of alkyl halides is 3. The molecule has 0 bridgehead atoms. The van der Waals surface area contributed by atoms with Crippen LogP contribution in [0, 0.1) is 0 Å². The first-order chi connectivity index (χ1) is 15.3. The number of benzene rings is 1. The van der Waals surface area contributed by atoms with Gasteiger partial charge in [0.25, 0.3) is 5.56 Å². The summed E-state index contributed by atoms with van der Waals surface area (Å²) in [4.78, 5) is 16.7. The van der Waals surface area contributed by atoms with Gasteiger partial charge in [0.05, 0.1) is 22.5 Å². The van der Waals surface area contributed by atoms with Crippen LogP contribution in [0.2, 0.25) is 0 Å². The van der Waals surface area contributed by atoms with Gasteiger partial charge in [0, 0.05) is 48.7 Å². The van der Waals surface area contributed by atoms with E-state index < -0.39 is 11.7 Å². The highest BCUT2D eigenvalue weighted by Crippen LogP contribution is 2.31. The second-order valence-corrected chi connectivity index (χ2v) is 8.02. The van der Waals surface area contributed by atoms with Crippen LogP contribution in [0.25, 0.3) is 27.8 Å². The lowest BCUT2D eigenvalue weighted by atomic mass is 10.1. The van der Waals surface area contributed by atoms with Gasteiger partial charge in [-0.15, -0.1) is 12.4 Å². The highest BCUT2D eigenvalue weighted by Gasteiger charge is 2.30. The van der Waals surface area contributed by atoms with E-state index in [1.165, 1.54) is 33.3 Å². The zero-order chi connectivity index (χ0) is 22.5. The Bertz CT molecular complexity index is 1370. The van der Waals surface area contributed by atoms with Crippen LogP contribution in [0.3, 0.4) is 0 Å². The Balaban J connectivity index is 0.00000259. The summed E-state index contributed by atoms with van der Waals surface area (Å²) in [6, 6.07) is 11.3. The molecule has 0 saturated carbocycles. The van der Waals surface area contributed by atoms with E-state index in [0.29, 0.717) is 11.3 Å². The quantitative estimate of drug-likeness (QED) is 0.451. The van der Waals surface area contributed by atoms with Gasteiger partial charge >= 0.3 is 6.18 Å². The molecule has 0 fully saturated rings. The molecule has 1 aliphatic rings. The number of pyridine rings is 2. The minimum absolute atomic E-state index is 0. The van der Waals surface area contributed by atoms with E-state index in [1.807, 2.05) is 18.2 Å². The predicted molar refractivity (Wildman–Crippen MR) is 124 cm³/mol. The molecular weight excluding hydrogens is 453 g/mol. The van der Waals surface area contributed by atoms with Crippen molar-refractivity contribution in [3.8, 4) is 16.9 Å². The largest absolute Gasteiger partial charge is 0.417 e. The lowest BCUT2D eigenvalue weighted by Gasteiger charge is -2.10. The second kappa shape index (κ2) is 8.68. The molecule has 5 nitrogen and oxygen atoms in total. The van der Waals surface area contributed by atoms with Crippen molar-refractivity contribution in [1.29, 1.82) is 0 Å². The molecule has 33 heavy (non-hydrogen) atoms. The van der Waals surface area contributed by atoms with Gasteiger partial charge in [-0.05, 0) is 55.3 Å². The average molecular weight is 475 g/mol. The maximum absolute atomic E-state index is 12.8. The molecular formula is C24H22ClF3N4O. The Labute approximate surface area is 194 Å². The summed E-state index contributed by atoms with van der Waals surface area (Å²) in [7, 11) is 2.05. The molecule has 3 aromatic heterocycles. The first kappa shape index (κ1) is 23.1.